The zero-order valence-electron chi connectivity index (χ0n) is 22.1. The van der Waals surface area contributed by atoms with Crippen LogP contribution in [0.2, 0.25) is 0 Å². The van der Waals surface area contributed by atoms with Gasteiger partial charge < -0.3 is 21.1 Å². The Kier molecular flexibility index (Phi) is 7.55. The van der Waals surface area contributed by atoms with Gasteiger partial charge in [0.15, 0.2) is 5.65 Å². The number of ether oxygens (including phenoxy) is 1. The predicted octanol–water partition coefficient (Wildman–Crippen LogP) is 4.71. The highest BCUT2D eigenvalue weighted by molar-refractivity contribution is 5.98. The van der Waals surface area contributed by atoms with Crippen LogP contribution in [-0.2, 0) is 4.79 Å². The molecule has 0 radical (unpaired) electrons. The average Bonchev–Trinajstić information content (AvgIpc) is 3.31. The van der Waals surface area contributed by atoms with E-state index in [1.54, 1.807) is 0 Å². The summed E-state index contributed by atoms with van der Waals surface area (Å²) in [6.45, 7) is 4.10. The SMILES string of the molecule is CN[C@H](C(=O)NC1CCC(n2nc(-c3ccc(Oc4ccccc4)cc3)c3c(N)ncnc32)CC1)C(C)C. The van der Waals surface area contributed by atoms with Gasteiger partial charge in [0.05, 0.1) is 17.5 Å². The van der Waals surface area contributed by atoms with E-state index in [0.717, 1.165) is 59.5 Å². The summed E-state index contributed by atoms with van der Waals surface area (Å²) in [7, 11) is 1.83. The van der Waals surface area contributed by atoms with Crippen LogP contribution in [0.25, 0.3) is 22.3 Å². The summed E-state index contributed by atoms with van der Waals surface area (Å²) in [5, 5.41) is 12.1. The summed E-state index contributed by atoms with van der Waals surface area (Å²) >= 11 is 0. The van der Waals surface area contributed by atoms with Crippen LogP contribution >= 0.6 is 0 Å². The fourth-order valence-electron chi connectivity index (χ4n) is 5.28. The molecule has 1 aliphatic rings. The number of rotatable bonds is 8. The predicted molar refractivity (Wildman–Crippen MR) is 149 cm³/mol. The number of benzene rings is 2. The largest absolute Gasteiger partial charge is 0.457 e. The molecule has 5 rings (SSSR count). The number of aromatic nitrogens is 4. The number of hydrogen-bond acceptors (Lipinski definition) is 7. The maximum absolute atomic E-state index is 12.7. The van der Waals surface area contributed by atoms with Crippen LogP contribution in [0.1, 0.15) is 45.6 Å². The molecule has 38 heavy (non-hydrogen) atoms. The van der Waals surface area contributed by atoms with E-state index in [-0.39, 0.29) is 30.0 Å². The summed E-state index contributed by atoms with van der Waals surface area (Å²) in [4.78, 5) is 21.5. The Morgan fingerprint density at radius 3 is 2.34 bits per heavy atom. The Bertz CT molecular complexity index is 1380. The quantitative estimate of drug-likeness (QED) is 0.312. The number of likely N-dealkylation sites (N-methyl/N-ethyl adjacent to an activating group) is 1. The lowest BCUT2D eigenvalue weighted by Crippen LogP contribution is -2.50. The molecule has 1 fully saturated rings. The van der Waals surface area contributed by atoms with E-state index in [1.807, 2.05) is 66.3 Å². The van der Waals surface area contributed by atoms with Gasteiger partial charge in [0.25, 0.3) is 0 Å². The van der Waals surface area contributed by atoms with Crippen molar-refractivity contribution in [3.63, 3.8) is 0 Å². The first kappa shape index (κ1) is 25.7. The number of nitrogens with one attached hydrogen (secondary N) is 2. The van der Waals surface area contributed by atoms with Gasteiger partial charge in [-0.05, 0) is 75.0 Å². The molecule has 198 valence electrons. The molecule has 1 atom stereocenters. The van der Waals surface area contributed by atoms with Crippen LogP contribution in [0.3, 0.4) is 0 Å². The number of carbonyl (C=O) groups is 1. The fourth-order valence-corrected chi connectivity index (χ4v) is 5.28. The lowest BCUT2D eigenvalue weighted by Gasteiger charge is -2.31. The summed E-state index contributed by atoms with van der Waals surface area (Å²) in [5.41, 5.74) is 8.74. The van der Waals surface area contributed by atoms with Gasteiger partial charge in [0.2, 0.25) is 5.91 Å². The standard InChI is InChI=1S/C29H35N7O2/c1-18(2)25(31-3)29(37)34-20-11-13-21(14-12-20)36-28-24(27(30)32-17-33-28)26(35-36)19-9-15-23(16-10-19)38-22-7-5-4-6-8-22/h4-10,15-18,20-21,25,31H,11-14H2,1-3H3,(H,34,37)(H2,30,32,33)/t20?,21?,25-/m0/s1. The molecule has 0 aliphatic heterocycles. The van der Waals surface area contributed by atoms with E-state index in [1.165, 1.54) is 6.33 Å². The van der Waals surface area contributed by atoms with E-state index in [4.69, 9.17) is 15.6 Å². The molecule has 9 nitrogen and oxygen atoms in total. The Balaban J connectivity index is 1.34. The third-order valence-corrected chi connectivity index (χ3v) is 7.27. The van der Waals surface area contributed by atoms with Crippen molar-refractivity contribution in [3.8, 4) is 22.8 Å². The molecular weight excluding hydrogens is 478 g/mol. The molecule has 4 N–H and O–H groups in total. The van der Waals surface area contributed by atoms with Gasteiger partial charge in [-0.1, -0.05) is 32.0 Å². The highest BCUT2D eigenvalue weighted by Crippen LogP contribution is 2.36. The third kappa shape index (κ3) is 5.33. The number of fused-ring (bicyclic) bond motifs is 1. The van der Waals surface area contributed by atoms with Crippen LogP contribution in [0.5, 0.6) is 11.5 Å². The molecule has 2 aromatic heterocycles. The Morgan fingerprint density at radius 1 is 1.00 bits per heavy atom. The molecule has 1 amide bonds. The average molecular weight is 514 g/mol. The minimum absolute atomic E-state index is 0.0676. The second-order valence-corrected chi connectivity index (χ2v) is 10.2. The maximum atomic E-state index is 12.7. The number of carbonyl (C=O) groups excluding carboxylic acids is 1. The summed E-state index contributed by atoms with van der Waals surface area (Å²) in [5.74, 6) is 2.23. The Hall–Kier alpha value is -3.98. The van der Waals surface area contributed by atoms with E-state index < -0.39 is 0 Å². The van der Waals surface area contributed by atoms with E-state index in [0.29, 0.717) is 5.82 Å². The number of anilines is 1. The molecule has 0 saturated heterocycles. The minimum atomic E-state index is -0.186. The first-order valence-electron chi connectivity index (χ1n) is 13.2. The molecular formula is C29H35N7O2. The summed E-state index contributed by atoms with van der Waals surface area (Å²) in [6.07, 6.45) is 5.04. The highest BCUT2D eigenvalue weighted by atomic mass is 16.5. The second kappa shape index (κ2) is 11.2. The molecule has 2 aromatic carbocycles. The number of nitrogens with two attached hydrogens (primary N) is 1. The first-order valence-corrected chi connectivity index (χ1v) is 13.2. The molecule has 0 bridgehead atoms. The molecule has 1 saturated carbocycles. The minimum Gasteiger partial charge on any atom is -0.457 e. The van der Waals surface area contributed by atoms with Crippen LogP contribution in [0.15, 0.2) is 60.9 Å². The summed E-state index contributed by atoms with van der Waals surface area (Å²) < 4.78 is 7.94. The number of para-hydroxylation sites is 1. The number of hydrogen-bond donors (Lipinski definition) is 3. The van der Waals surface area contributed by atoms with Gasteiger partial charge in [-0.3, -0.25) is 4.79 Å². The molecule has 4 aromatic rings. The Labute approximate surface area is 222 Å². The monoisotopic (exact) mass is 513 g/mol. The van der Waals surface area contributed by atoms with Gasteiger partial charge in [-0.25, -0.2) is 14.6 Å². The van der Waals surface area contributed by atoms with E-state index >= 15 is 0 Å². The molecule has 0 unspecified atom stereocenters. The van der Waals surface area contributed by atoms with Gasteiger partial charge in [-0.15, -0.1) is 0 Å². The van der Waals surface area contributed by atoms with Crippen molar-refractivity contribution >= 4 is 22.8 Å². The van der Waals surface area contributed by atoms with Gasteiger partial charge >= 0.3 is 0 Å². The van der Waals surface area contributed by atoms with Crippen molar-refractivity contribution in [1.29, 1.82) is 0 Å². The van der Waals surface area contributed by atoms with Crippen molar-refractivity contribution < 1.29 is 9.53 Å². The molecule has 1 aliphatic carbocycles. The zero-order valence-corrected chi connectivity index (χ0v) is 22.1. The topological polar surface area (TPSA) is 120 Å². The zero-order chi connectivity index (χ0) is 26.6. The van der Waals surface area contributed by atoms with Crippen molar-refractivity contribution in [1.82, 2.24) is 30.4 Å². The van der Waals surface area contributed by atoms with Gasteiger partial charge in [0, 0.05) is 11.6 Å². The van der Waals surface area contributed by atoms with E-state index in [9.17, 15) is 4.79 Å². The van der Waals surface area contributed by atoms with Crippen molar-refractivity contribution in [2.24, 2.45) is 5.92 Å². The lowest BCUT2D eigenvalue weighted by atomic mass is 9.90. The molecule has 9 heteroatoms. The number of amides is 1. The van der Waals surface area contributed by atoms with Crippen LogP contribution in [0, 0.1) is 5.92 Å². The van der Waals surface area contributed by atoms with Crippen LogP contribution < -0.4 is 21.1 Å². The van der Waals surface area contributed by atoms with E-state index in [2.05, 4.69) is 34.4 Å². The van der Waals surface area contributed by atoms with Gasteiger partial charge in [-0.2, -0.15) is 5.10 Å². The van der Waals surface area contributed by atoms with Crippen LogP contribution in [0.4, 0.5) is 5.82 Å². The normalized spacial score (nSPS) is 18.4. The summed E-state index contributed by atoms with van der Waals surface area (Å²) in [6, 6.07) is 17.6. The highest BCUT2D eigenvalue weighted by Gasteiger charge is 2.29. The van der Waals surface area contributed by atoms with Crippen molar-refractivity contribution in [3.05, 3.63) is 60.9 Å². The van der Waals surface area contributed by atoms with Crippen LogP contribution in [-0.4, -0.2) is 44.8 Å². The first-order chi connectivity index (χ1) is 18.4. The van der Waals surface area contributed by atoms with Crippen molar-refractivity contribution in [2.75, 3.05) is 12.8 Å². The molecule has 0 spiro atoms. The lowest BCUT2D eigenvalue weighted by molar-refractivity contribution is -0.125. The fraction of sp³-hybridized carbons (Fsp3) is 0.379. The third-order valence-electron chi connectivity index (χ3n) is 7.27. The number of nitrogen functional groups attached to an aromatic ring is 1. The molecule has 2 heterocycles. The maximum Gasteiger partial charge on any atom is 0.237 e. The Morgan fingerprint density at radius 2 is 1.68 bits per heavy atom. The van der Waals surface area contributed by atoms with Gasteiger partial charge in [0.1, 0.15) is 29.3 Å². The number of nitrogens with zero attached hydrogens (tertiary/aromatic N) is 4. The van der Waals surface area contributed by atoms with Crippen molar-refractivity contribution in [2.45, 2.75) is 57.7 Å². The smallest absolute Gasteiger partial charge is 0.237 e. The second-order valence-electron chi connectivity index (χ2n) is 10.2.